The second-order valence-electron chi connectivity index (χ2n) is 6.96. The SMILES string of the molecule is CC(c1ccc2c(c1)OCC2)N1CCN(c2nc3cnccn3n2)CC1. The summed E-state index contributed by atoms with van der Waals surface area (Å²) in [6, 6.07) is 7.07. The van der Waals surface area contributed by atoms with E-state index < -0.39 is 0 Å². The monoisotopic (exact) mass is 350 g/mol. The molecule has 5 rings (SSSR count). The van der Waals surface area contributed by atoms with E-state index in [1.807, 2.05) is 6.20 Å². The van der Waals surface area contributed by atoms with Crippen LogP contribution in [0.1, 0.15) is 24.1 Å². The van der Waals surface area contributed by atoms with E-state index in [4.69, 9.17) is 4.74 Å². The molecule has 2 aliphatic rings. The average molecular weight is 350 g/mol. The van der Waals surface area contributed by atoms with Gasteiger partial charge in [0.25, 0.3) is 0 Å². The van der Waals surface area contributed by atoms with Crippen LogP contribution in [0.15, 0.2) is 36.8 Å². The lowest BCUT2D eigenvalue weighted by atomic mass is 10.0. The standard InChI is InChI=1S/C19H22N6O/c1-14(16-3-2-15-4-11-26-17(15)12-16)23-7-9-24(10-8-23)19-21-18-13-20-5-6-25(18)22-19/h2-3,5-6,12-14H,4,7-11H2,1H3. The third kappa shape index (κ3) is 2.68. The van der Waals surface area contributed by atoms with Gasteiger partial charge in [-0.3, -0.25) is 9.88 Å². The van der Waals surface area contributed by atoms with Gasteiger partial charge in [-0.25, -0.2) is 4.52 Å². The third-order valence-electron chi connectivity index (χ3n) is 5.48. The van der Waals surface area contributed by atoms with E-state index in [0.717, 1.165) is 56.6 Å². The zero-order valence-electron chi connectivity index (χ0n) is 14.9. The summed E-state index contributed by atoms with van der Waals surface area (Å²) >= 11 is 0. The van der Waals surface area contributed by atoms with Crippen molar-refractivity contribution in [1.29, 1.82) is 0 Å². The second-order valence-corrected chi connectivity index (χ2v) is 6.96. The fourth-order valence-electron chi connectivity index (χ4n) is 3.83. The maximum atomic E-state index is 5.73. The Labute approximate surface area is 152 Å². The van der Waals surface area contributed by atoms with Crippen molar-refractivity contribution in [2.24, 2.45) is 0 Å². The Kier molecular flexibility index (Phi) is 3.74. The molecule has 0 radical (unpaired) electrons. The molecule has 0 N–H and O–H groups in total. The molecule has 7 heteroatoms. The highest BCUT2D eigenvalue weighted by molar-refractivity contribution is 5.43. The number of hydrogen-bond acceptors (Lipinski definition) is 6. The van der Waals surface area contributed by atoms with Gasteiger partial charge >= 0.3 is 0 Å². The van der Waals surface area contributed by atoms with E-state index >= 15 is 0 Å². The molecule has 1 fully saturated rings. The topological polar surface area (TPSA) is 58.8 Å². The molecule has 4 heterocycles. The third-order valence-corrected chi connectivity index (χ3v) is 5.48. The van der Waals surface area contributed by atoms with Crippen LogP contribution >= 0.6 is 0 Å². The Hall–Kier alpha value is -2.67. The van der Waals surface area contributed by atoms with Gasteiger partial charge in [0.1, 0.15) is 5.75 Å². The molecule has 0 bridgehead atoms. The van der Waals surface area contributed by atoms with Gasteiger partial charge in [0.2, 0.25) is 5.95 Å². The first kappa shape index (κ1) is 15.6. The number of hydrogen-bond donors (Lipinski definition) is 0. The van der Waals surface area contributed by atoms with Gasteiger partial charge in [-0.2, -0.15) is 4.98 Å². The zero-order valence-corrected chi connectivity index (χ0v) is 14.9. The molecular formula is C19H22N6O. The molecule has 0 spiro atoms. The summed E-state index contributed by atoms with van der Waals surface area (Å²) in [5, 5.41) is 4.56. The lowest BCUT2D eigenvalue weighted by molar-refractivity contribution is 0.197. The van der Waals surface area contributed by atoms with E-state index in [2.05, 4.69) is 50.0 Å². The van der Waals surface area contributed by atoms with Gasteiger partial charge in [-0.1, -0.05) is 12.1 Å². The van der Waals surface area contributed by atoms with Crippen molar-refractivity contribution in [3.8, 4) is 5.75 Å². The van der Waals surface area contributed by atoms with Crippen LogP contribution in [0, 0.1) is 0 Å². The van der Waals surface area contributed by atoms with Crippen molar-refractivity contribution in [1.82, 2.24) is 24.5 Å². The molecule has 1 unspecified atom stereocenters. The number of aromatic nitrogens is 4. The Morgan fingerprint density at radius 2 is 2.04 bits per heavy atom. The number of piperazine rings is 1. The highest BCUT2D eigenvalue weighted by atomic mass is 16.5. The number of anilines is 1. The predicted octanol–water partition coefficient (Wildman–Crippen LogP) is 1.94. The van der Waals surface area contributed by atoms with Crippen molar-refractivity contribution in [2.75, 3.05) is 37.7 Å². The molecular weight excluding hydrogens is 328 g/mol. The van der Waals surface area contributed by atoms with Crippen molar-refractivity contribution in [2.45, 2.75) is 19.4 Å². The summed E-state index contributed by atoms with van der Waals surface area (Å²) in [5.41, 5.74) is 3.45. The average Bonchev–Trinajstić information content (AvgIpc) is 3.33. The van der Waals surface area contributed by atoms with Crippen molar-refractivity contribution < 1.29 is 4.74 Å². The summed E-state index contributed by atoms with van der Waals surface area (Å²) in [5.74, 6) is 1.85. The van der Waals surface area contributed by atoms with E-state index in [-0.39, 0.29) is 0 Å². The van der Waals surface area contributed by atoms with Crippen LogP contribution in [0.2, 0.25) is 0 Å². The molecule has 26 heavy (non-hydrogen) atoms. The molecule has 2 aromatic heterocycles. The van der Waals surface area contributed by atoms with Gasteiger partial charge < -0.3 is 9.64 Å². The van der Waals surface area contributed by atoms with Crippen LogP contribution in [0.3, 0.4) is 0 Å². The molecule has 1 aromatic carbocycles. The molecule has 0 amide bonds. The summed E-state index contributed by atoms with van der Waals surface area (Å²) < 4.78 is 7.51. The first-order valence-corrected chi connectivity index (χ1v) is 9.19. The maximum absolute atomic E-state index is 5.73. The molecule has 3 aromatic rings. The van der Waals surface area contributed by atoms with E-state index in [9.17, 15) is 0 Å². The lowest BCUT2D eigenvalue weighted by Gasteiger charge is -2.37. The fraction of sp³-hybridized carbons (Fsp3) is 0.421. The number of nitrogens with zero attached hydrogens (tertiary/aromatic N) is 6. The minimum absolute atomic E-state index is 0.380. The molecule has 0 aliphatic carbocycles. The Balaban J connectivity index is 1.27. The first-order chi connectivity index (χ1) is 12.8. The smallest absolute Gasteiger partial charge is 0.245 e. The van der Waals surface area contributed by atoms with E-state index in [1.54, 1.807) is 16.9 Å². The minimum atomic E-state index is 0.380. The van der Waals surface area contributed by atoms with Crippen molar-refractivity contribution >= 4 is 11.6 Å². The van der Waals surface area contributed by atoms with Crippen LogP contribution < -0.4 is 9.64 Å². The minimum Gasteiger partial charge on any atom is -0.493 e. The second kappa shape index (κ2) is 6.25. The molecule has 2 aliphatic heterocycles. The van der Waals surface area contributed by atoms with Crippen molar-refractivity contribution in [3.05, 3.63) is 47.9 Å². The van der Waals surface area contributed by atoms with Crippen LogP contribution in [-0.2, 0) is 6.42 Å². The Bertz CT molecular complexity index is 898. The normalized spacial score (nSPS) is 18.7. The largest absolute Gasteiger partial charge is 0.493 e. The van der Waals surface area contributed by atoms with Crippen LogP contribution in [0.4, 0.5) is 5.95 Å². The van der Waals surface area contributed by atoms with Gasteiger partial charge in [0.15, 0.2) is 5.65 Å². The van der Waals surface area contributed by atoms with Crippen LogP contribution in [0.5, 0.6) is 5.75 Å². The number of rotatable bonds is 3. The maximum Gasteiger partial charge on any atom is 0.245 e. The van der Waals surface area contributed by atoms with E-state index in [1.165, 1.54) is 11.1 Å². The number of ether oxygens (including phenoxy) is 1. The summed E-state index contributed by atoms with van der Waals surface area (Å²) in [4.78, 5) is 13.5. The van der Waals surface area contributed by atoms with Gasteiger partial charge in [0.05, 0.1) is 12.8 Å². The highest BCUT2D eigenvalue weighted by Gasteiger charge is 2.25. The zero-order chi connectivity index (χ0) is 17.5. The molecule has 0 saturated carbocycles. The van der Waals surface area contributed by atoms with Crippen molar-refractivity contribution in [3.63, 3.8) is 0 Å². The molecule has 1 saturated heterocycles. The Morgan fingerprint density at radius 1 is 1.15 bits per heavy atom. The summed E-state index contributed by atoms with van der Waals surface area (Å²) in [6.07, 6.45) is 6.33. The first-order valence-electron chi connectivity index (χ1n) is 9.19. The molecule has 7 nitrogen and oxygen atoms in total. The van der Waals surface area contributed by atoms with Gasteiger partial charge in [-0.15, -0.1) is 5.10 Å². The summed E-state index contributed by atoms with van der Waals surface area (Å²) in [7, 11) is 0. The quantitative estimate of drug-likeness (QED) is 0.720. The van der Waals surface area contributed by atoms with Crippen LogP contribution in [-0.4, -0.2) is 57.3 Å². The van der Waals surface area contributed by atoms with Gasteiger partial charge in [-0.05, 0) is 24.1 Å². The number of benzene rings is 1. The number of fused-ring (bicyclic) bond motifs is 2. The summed E-state index contributed by atoms with van der Waals surface area (Å²) in [6.45, 7) is 6.93. The predicted molar refractivity (Wildman–Crippen MR) is 98.6 cm³/mol. The van der Waals surface area contributed by atoms with Crippen LogP contribution in [0.25, 0.3) is 5.65 Å². The molecule has 1 atom stereocenters. The lowest BCUT2D eigenvalue weighted by Crippen LogP contribution is -2.47. The fourth-order valence-corrected chi connectivity index (χ4v) is 3.83. The van der Waals surface area contributed by atoms with E-state index in [0.29, 0.717) is 6.04 Å². The van der Waals surface area contributed by atoms with Gasteiger partial charge in [0, 0.05) is 51.0 Å². The molecule has 134 valence electrons. The Morgan fingerprint density at radius 3 is 2.88 bits per heavy atom. The highest BCUT2D eigenvalue weighted by Crippen LogP contribution is 2.31.